The fraction of sp³-hybridized carbons (Fsp3) is 0.222. The van der Waals surface area contributed by atoms with Gasteiger partial charge in [-0.25, -0.2) is 4.98 Å². The zero-order valence-electron chi connectivity index (χ0n) is 13.6. The lowest BCUT2D eigenvalue weighted by Crippen LogP contribution is -2.48. The maximum absolute atomic E-state index is 12.7. The van der Waals surface area contributed by atoms with Gasteiger partial charge in [0, 0.05) is 35.7 Å². The van der Waals surface area contributed by atoms with Crippen molar-refractivity contribution in [3.05, 3.63) is 56.5 Å². The van der Waals surface area contributed by atoms with E-state index in [1.165, 1.54) is 0 Å². The molecule has 1 aliphatic rings. The number of hydrogen-bond donors (Lipinski definition) is 0. The summed E-state index contributed by atoms with van der Waals surface area (Å²) < 4.78 is 2.20. The van der Waals surface area contributed by atoms with E-state index < -0.39 is 0 Å². The van der Waals surface area contributed by atoms with Gasteiger partial charge in [0.25, 0.3) is 5.91 Å². The Labute approximate surface area is 173 Å². The Balaban J connectivity index is 1.48. The van der Waals surface area contributed by atoms with Gasteiger partial charge >= 0.3 is 0 Å². The van der Waals surface area contributed by atoms with Crippen LogP contribution in [0.2, 0.25) is 10.0 Å². The molecule has 0 unspecified atom stereocenters. The molecular weight excluding hydrogens is 457 g/mol. The molecule has 1 aromatic heterocycles. The second-order valence-corrected chi connectivity index (χ2v) is 8.78. The molecule has 0 radical (unpaired) electrons. The van der Waals surface area contributed by atoms with Crippen molar-refractivity contribution in [2.75, 3.05) is 31.1 Å². The monoisotopic (exact) mass is 469 g/mol. The van der Waals surface area contributed by atoms with Gasteiger partial charge in [-0.15, -0.1) is 0 Å². The molecule has 134 valence electrons. The molecule has 0 N–H and O–H groups in total. The minimum Gasteiger partial charge on any atom is -0.345 e. The smallest absolute Gasteiger partial charge is 0.255 e. The number of hydrogen-bond acceptors (Lipinski definition) is 4. The molecule has 2 aromatic carbocycles. The highest BCUT2D eigenvalue weighted by molar-refractivity contribution is 9.10. The Bertz CT molecular complexity index is 986. The predicted octanol–water partition coefficient (Wildman–Crippen LogP) is 5.33. The molecule has 2 heterocycles. The average molecular weight is 471 g/mol. The largest absolute Gasteiger partial charge is 0.345 e. The molecule has 0 atom stereocenters. The summed E-state index contributed by atoms with van der Waals surface area (Å²) in [4.78, 5) is 21.5. The number of anilines is 1. The predicted molar refractivity (Wildman–Crippen MR) is 112 cm³/mol. The molecule has 1 saturated heterocycles. The van der Waals surface area contributed by atoms with Crippen molar-refractivity contribution in [3.8, 4) is 0 Å². The van der Waals surface area contributed by atoms with Gasteiger partial charge in [-0.2, -0.15) is 0 Å². The summed E-state index contributed by atoms with van der Waals surface area (Å²) in [6, 6.07) is 11.1. The number of nitrogens with zero attached hydrogens (tertiary/aromatic N) is 3. The van der Waals surface area contributed by atoms with Gasteiger partial charge in [0.15, 0.2) is 5.13 Å². The number of carbonyl (C=O) groups excluding carboxylic acids is 1. The van der Waals surface area contributed by atoms with Crippen molar-refractivity contribution in [3.63, 3.8) is 0 Å². The molecule has 3 aromatic rings. The van der Waals surface area contributed by atoms with E-state index in [2.05, 4.69) is 26.9 Å². The molecule has 1 aliphatic heterocycles. The average Bonchev–Trinajstić information content (AvgIpc) is 3.06. The van der Waals surface area contributed by atoms with Gasteiger partial charge in [-0.05, 0) is 36.4 Å². The van der Waals surface area contributed by atoms with Gasteiger partial charge in [-0.3, -0.25) is 4.79 Å². The molecule has 0 bridgehead atoms. The van der Waals surface area contributed by atoms with Gasteiger partial charge in [-0.1, -0.05) is 50.5 Å². The van der Waals surface area contributed by atoms with Crippen molar-refractivity contribution < 1.29 is 4.79 Å². The number of benzene rings is 2. The Morgan fingerprint density at radius 3 is 2.62 bits per heavy atom. The number of halogens is 3. The van der Waals surface area contributed by atoms with Crippen LogP contribution in [0.25, 0.3) is 10.2 Å². The summed E-state index contributed by atoms with van der Waals surface area (Å²) in [5.41, 5.74) is 1.45. The van der Waals surface area contributed by atoms with Crippen LogP contribution in [0, 0.1) is 0 Å². The normalized spacial score (nSPS) is 14.9. The molecule has 0 aliphatic carbocycles. The van der Waals surface area contributed by atoms with E-state index in [0.717, 1.165) is 32.9 Å². The van der Waals surface area contributed by atoms with Crippen LogP contribution < -0.4 is 4.90 Å². The zero-order valence-corrected chi connectivity index (χ0v) is 17.5. The van der Waals surface area contributed by atoms with Crippen LogP contribution in [0.3, 0.4) is 0 Å². The number of rotatable bonds is 2. The first-order chi connectivity index (χ1) is 12.5. The molecule has 4 nitrogen and oxygen atoms in total. The maximum atomic E-state index is 12.7. The Hall–Kier alpha value is -1.34. The van der Waals surface area contributed by atoms with E-state index in [1.807, 2.05) is 17.0 Å². The van der Waals surface area contributed by atoms with Crippen molar-refractivity contribution in [1.29, 1.82) is 0 Å². The van der Waals surface area contributed by atoms with E-state index in [9.17, 15) is 4.79 Å². The molecule has 0 spiro atoms. The van der Waals surface area contributed by atoms with Crippen LogP contribution in [0.1, 0.15) is 10.4 Å². The van der Waals surface area contributed by atoms with Crippen LogP contribution in [-0.4, -0.2) is 42.0 Å². The Morgan fingerprint density at radius 1 is 1.08 bits per heavy atom. The molecule has 8 heteroatoms. The van der Waals surface area contributed by atoms with E-state index in [-0.39, 0.29) is 5.91 Å². The first kappa shape index (κ1) is 18.0. The standard InChI is InChI=1S/C18H14BrCl2N3OS/c19-11-1-4-15-16(9-11)26-18(22-15)24-7-5-23(6-8-24)17(25)13-10-12(20)2-3-14(13)21/h1-4,9-10H,5-8H2. The van der Waals surface area contributed by atoms with E-state index in [1.54, 1.807) is 29.5 Å². The highest BCUT2D eigenvalue weighted by Crippen LogP contribution is 2.31. The Kier molecular flexibility index (Phi) is 5.10. The second-order valence-electron chi connectivity index (χ2n) is 6.01. The summed E-state index contributed by atoms with van der Waals surface area (Å²) in [5, 5.41) is 1.93. The fourth-order valence-corrected chi connectivity index (χ4v) is 4.89. The zero-order chi connectivity index (χ0) is 18.3. The third-order valence-corrected chi connectivity index (χ3v) is 6.47. The number of piperazine rings is 1. The number of fused-ring (bicyclic) bond motifs is 1. The Morgan fingerprint density at radius 2 is 1.85 bits per heavy atom. The van der Waals surface area contributed by atoms with Crippen molar-refractivity contribution in [1.82, 2.24) is 9.88 Å². The summed E-state index contributed by atoms with van der Waals surface area (Å²) in [7, 11) is 0. The molecule has 4 rings (SSSR count). The summed E-state index contributed by atoms with van der Waals surface area (Å²) in [6.45, 7) is 2.73. The first-order valence-electron chi connectivity index (χ1n) is 8.06. The van der Waals surface area contributed by atoms with Gasteiger partial charge in [0.2, 0.25) is 0 Å². The molecule has 0 saturated carbocycles. The van der Waals surface area contributed by atoms with Gasteiger partial charge < -0.3 is 9.80 Å². The topological polar surface area (TPSA) is 36.4 Å². The summed E-state index contributed by atoms with van der Waals surface area (Å²) in [5.74, 6) is -0.0784. The van der Waals surface area contributed by atoms with Crippen molar-refractivity contribution >= 4 is 71.7 Å². The van der Waals surface area contributed by atoms with Crippen molar-refractivity contribution in [2.45, 2.75) is 0 Å². The number of aromatic nitrogens is 1. The van der Waals surface area contributed by atoms with Crippen LogP contribution in [0.5, 0.6) is 0 Å². The quantitative estimate of drug-likeness (QED) is 0.508. The number of thiazole rings is 1. The van der Waals surface area contributed by atoms with Gasteiger partial charge in [0.1, 0.15) is 0 Å². The van der Waals surface area contributed by atoms with E-state index in [4.69, 9.17) is 28.2 Å². The fourth-order valence-electron chi connectivity index (χ4n) is 2.95. The first-order valence-corrected chi connectivity index (χ1v) is 10.4. The summed E-state index contributed by atoms with van der Waals surface area (Å²) >= 11 is 17.3. The lowest BCUT2D eigenvalue weighted by molar-refractivity contribution is 0.0747. The lowest BCUT2D eigenvalue weighted by Gasteiger charge is -2.34. The minimum atomic E-state index is -0.0784. The third-order valence-electron chi connectivity index (χ3n) is 4.34. The lowest BCUT2D eigenvalue weighted by atomic mass is 10.2. The second kappa shape index (κ2) is 7.35. The molecule has 1 amide bonds. The molecule has 1 fully saturated rings. The molecular formula is C18H14BrCl2N3OS. The minimum absolute atomic E-state index is 0.0784. The highest BCUT2D eigenvalue weighted by Gasteiger charge is 2.25. The summed E-state index contributed by atoms with van der Waals surface area (Å²) in [6.07, 6.45) is 0. The SMILES string of the molecule is O=C(c1cc(Cl)ccc1Cl)N1CCN(c2nc3ccc(Br)cc3s2)CC1. The maximum Gasteiger partial charge on any atom is 0.255 e. The number of amides is 1. The van der Waals surface area contributed by atoms with Crippen LogP contribution >= 0.6 is 50.5 Å². The van der Waals surface area contributed by atoms with Gasteiger partial charge in [0.05, 0.1) is 20.8 Å². The van der Waals surface area contributed by atoms with Crippen LogP contribution in [0.4, 0.5) is 5.13 Å². The number of carbonyl (C=O) groups is 1. The highest BCUT2D eigenvalue weighted by atomic mass is 79.9. The van der Waals surface area contributed by atoms with Crippen LogP contribution in [-0.2, 0) is 0 Å². The third kappa shape index (κ3) is 3.56. The van der Waals surface area contributed by atoms with E-state index >= 15 is 0 Å². The molecule has 26 heavy (non-hydrogen) atoms. The van der Waals surface area contributed by atoms with Crippen molar-refractivity contribution in [2.24, 2.45) is 0 Å². The van der Waals surface area contributed by atoms with Crippen LogP contribution in [0.15, 0.2) is 40.9 Å². The van der Waals surface area contributed by atoms with E-state index in [0.29, 0.717) is 28.7 Å².